The van der Waals surface area contributed by atoms with E-state index in [2.05, 4.69) is 5.32 Å². The van der Waals surface area contributed by atoms with Crippen LogP contribution in [-0.4, -0.2) is 64.8 Å². The minimum Gasteiger partial charge on any atom is -0.466 e. The summed E-state index contributed by atoms with van der Waals surface area (Å²) < 4.78 is 11.7. The van der Waals surface area contributed by atoms with Crippen LogP contribution in [-0.2, 0) is 23.9 Å². The molecule has 1 spiro atoms. The van der Waals surface area contributed by atoms with E-state index >= 15 is 0 Å². The third kappa shape index (κ3) is 3.83. The lowest BCUT2D eigenvalue weighted by molar-refractivity contribution is -0.155. The van der Waals surface area contributed by atoms with E-state index < -0.39 is 41.6 Å². The minimum absolute atomic E-state index is 0.0707. The Morgan fingerprint density at radius 3 is 2.67 bits per heavy atom. The van der Waals surface area contributed by atoms with Crippen LogP contribution < -0.4 is 5.32 Å². The first-order valence-electron chi connectivity index (χ1n) is 12.0. The number of likely N-dealkylation sites (tertiary alicyclic amines) is 1. The van der Waals surface area contributed by atoms with Gasteiger partial charge in [0.05, 0.1) is 37.2 Å². The van der Waals surface area contributed by atoms with Crippen LogP contribution in [0.3, 0.4) is 0 Å². The van der Waals surface area contributed by atoms with Gasteiger partial charge in [0.25, 0.3) is 0 Å². The highest BCUT2D eigenvalue weighted by Crippen LogP contribution is 2.59. The summed E-state index contributed by atoms with van der Waals surface area (Å²) in [7, 11) is 0. The molecule has 3 heterocycles. The van der Waals surface area contributed by atoms with Crippen molar-refractivity contribution in [3.63, 3.8) is 0 Å². The Hall–Kier alpha value is -2.45. The molecule has 1 aromatic rings. The molecule has 3 saturated heterocycles. The molecular weight excluding hydrogens is 424 g/mol. The molecule has 1 aromatic carbocycles. The largest absolute Gasteiger partial charge is 0.466 e. The molecular formula is C25H34N2O6. The summed E-state index contributed by atoms with van der Waals surface area (Å²) in [5, 5.41) is 13.4. The van der Waals surface area contributed by atoms with Gasteiger partial charge >= 0.3 is 5.97 Å². The Balaban J connectivity index is 1.77. The number of fused-ring (bicyclic) bond motifs is 1. The molecule has 180 valence electrons. The van der Waals surface area contributed by atoms with Gasteiger partial charge in [-0.25, -0.2) is 0 Å². The van der Waals surface area contributed by atoms with E-state index in [-0.39, 0.29) is 31.1 Å². The lowest BCUT2D eigenvalue weighted by Gasteiger charge is -2.37. The SMILES string of the molecule is CCCC(C)NC(=O)C1N([C@H](CO)c2ccccc2)C(=O)[C@@H]2[C@@H](C(=O)OCC)[C@H]3CCC12O3. The molecule has 7 atom stereocenters. The Bertz CT molecular complexity index is 892. The zero-order chi connectivity index (χ0) is 23.8. The van der Waals surface area contributed by atoms with Gasteiger partial charge in [0.15, 0.2) is 0 Å². The van der Waals surface area contributed by atoms with Crippen molar-refractivity contribution in [3.8, 4) is 0 Å². The van der Waals surface area contributed by atoms with Crippen molar-refractivity contribution < 1.29 is 29.0 Å². The van der Waals surface area contributed by atoms with Gasteiger partial charge in [0.2, 0.25) is 11.8 Å². The fourth-order valence-electron chi connectivity index (χ4n) is 6.09. The van der Waals surface area contributed by atoms with Gasteiger partial charge in [-0.15, -0.1) is 0 Å². The molecule has 2 bridgehead atoms. The fourth-order valence-corrected chi connectivity index (χ4v) is 6.09. The Labute approximate surface area is 194 Å². The minimum atomic E-state index is -1.10. The zero-order valence-electron chi connectivity index (χ0n) is 19.5. The van der Waals surface area contributed by atoms with Crippen molar-refractivity contribution in [2.24, 2.45) is 11.8 Å². The number of carbonyl (C=O) groups excluding carboxylic acids is 3. The number of aliphatic hydroxyl groups excluding tert-OH is 1. The number of esters is 1. The van der Waals surface area contributed by atoms with E-state index in [9.17, 15) is 19.5 Å². The van der Waals surface area contributed by atoms with E-state index in [1.165, 1.54) is 4.90 Å². The van der Waals surface area contributed by atoms with Gasteiger partial charge in [0.1, 0.15) is 11.6 Å². The molecule has 2 amide bonds. The number of benzene rings is 1. The van der Waals surface area contributed by atoms with Crippen LogP contribution in [0.2, 0.25) is 0 Å². The van der Waals surface area contributed by atoms with Crippen LogP contribution >= 0.6 is 0 Å². The highest BCUT2D eigenvalue weighted by Gasteiger charge is 2.75. The summed E-state index contributed by atoms with van der Waals surface area (Å²) in [4.78, 5) is 41.9. The van der Waals surface area contributed by atoms with Crippen molar-refractivity contribution >= 4 is 17.8 Å². The Morgan fingerprint density at radius 1 is 1.30 bits per heavy atom. The van der Waals surface area contributed by atoms with Crippen molar-refractivity contribution in [1.82, 2.24) is 10.2 Å². The normalized spacial score (nSPS) is 31.9. The summed E-state index contributed by atoms with van der Waals surface area (Å²) >= 11 is 0. The van der Waals surface area contributed by atoms with Crippen LogP contribution in [0.1, 0.15) is 58.1 Å². The lowest BCUT2D eigenvalue weighted by Crippen LogP contribution is -2.57. The smallest absolute Gasteiger partial charge is 0.312 e. The summed E-state index contributed by atoms with van der Waals surface area (Å²) in [6.45, 7) is 5.58. The molecule has 2 N–H and O–H groups in total. The van der Waals surface area contributed by atoms with Gasteiger partial charge < -0.3 is 24.8 Å². The number of carbonyl (C=O) groups is 3. The summed E-state index contributed by atoms with van der Waals surface area (Å²) in [6.07, 6.45) is 2.38. The van der Waals surface area contributed by atoms with Crippen molar-refractivity contribution in [3.05, 3.63) is 35.9 Å². The number of aliphatic hydroxyl groups is 1. The quantitative estimate of drug-likeness (QED) is 0.548. The first-order chi connectivity index (χ1) is 15.9. The van der Waals surface area contributed by atoms with Crippen LogP contribution in [0, 0.1) is 11.8 Å². The maximum absolute atomic E-state index is 13.9. The number of nitrogens with one attached hydrogen (secondary N) is 1. The van der Waals surface area contributed by atoms with E-state index in [1.54, 1.807) is 6.92 Å². The number of nitrogens with zero attached hydrogens (tertiary/aromatic N) is 1. The molecule has 3 aliphatic rings. The highest BCUT2D eigenvalue weighted by atomic mass is 16.6. The monoisotopic (exact) mass is 458 g/mol. The summed E-state index contributed by atoms with van der Waals surface area (Å²) in [6, 6.07) is 7.45. The van der Waals surface area contributed by atoms with Gasteiger partial charge in [-0.1, -0.05) is 43.7 Å². The molecule has 3 unspecified atom stereocenters. The second kappa shape index (κ2) is 9.43. The van der Waals surface area contributed by atoms with Gasteiger partial charge in [0, 0.05) is 6.04 Å². The average Bonchev–Trinajstić information content (AvgIpc) is 3.43. The molecule has 3 fully saturated rings. The molecule has 33 heavy (non-hydrogen) atoms. The summed E-state index contributed by atoms with van der Waals surface area (Å²) in [5.74, 6) is -2.63. The second-order valence-electron chi connectivity index (χ2n) is 9.36. The number of hydrogen-bond donors (Lipinski definition) is 2. The Morgan fingerprint density at radius 2 is 2.03 bits per heavy atom. The number of hydrogen-bond acceptors (Lipinski definition) is 6. The molecule has 3 aliphatic heterocycles. The first kappa shape index (κ1) is 23.7. The second-order valence-corrected chi connectivity index (χ2v) is 9.36. The molecule has 0 aliphatic carbocycles. The Kier molecular flexibility index (Phi) is 6.77. The number of amides is 2. The maximum atomic E-state index is 13.9. The zero-order valence-corrected chi connectivity index (χ0v) is 19.5. The highest BCUT2D eigenvalue weighted by molar-refractivity contribution is 5.98. The van der Waals surface area contributed by atoms with Gasteiger partial charge in [-0.2, -0.15) is 0 Å². The van der Waals surface area contributed by atoms with Crippen LogP contribution in [0.4, 0.5) is 0 Å². The maximum Gasteiger partial charge on any atom is 0.312 e. The molecule has 4 rings (SSSR count). The topological polar surface area (TPSA) is 105 Å². The molecule has 8 nitrogen and oxygen atoms in total. The third-order valence-corrected chi connectivity index (χ3v) is 7.35. The van der Waals surface area contributed by atoms with Crippen LogP contribution in [0.5, 0.6) is 0 Å². The van der Waals surface area contributed by atoms with E-state index in [0.29, 0.717) is 12.8 Å². The average molecular weight is 459 g/mol. The molecule has 0 saturated carbocycles. The van der Waals surface area contributed by atoms with Crippen LogP contribution in [0.25, 0.3) is 0 Å². The van der Waals surface area contributed by atoms with Crippen molar-refractivity contribution in [2.75, 3.05) is 13.2 Å². The predicted octanol–water partition coefficient (Wildman–Crippen LogP) is 1.96. The first-order valence-corrected chi connectivity index (χ1v) is 12.0. The standard InChI is InChI=1S/C25H34N2O6/c1-4-9-15(3)26-22(29)21-25-13-12-18(33-25)19(24(31)32-5-2)20(25)23(30)27(21)17(14-28)16-10-7-6-8-11-16/h6-8,10-11,15,17-21,28H,4-5,9,12-14H2,1-3H3,(H,26,29)/t15?,17-,18-,19+,20+,21?,25?/m1/s1. The van der Waals surface area contributed by atoms with Gasteiger partial charge in [-0.3, -0.25) is 14.4 Å². The van der Waals surface area contributed by atoms with Crippen molar-refractivity contribution in [2.45, 2.75) is 76.3 Å². The van der Waals surface area contributed by atoms with E-state index in [0.717, 1.165) is 18.4 Å². The third-order valence-electron chi connectivity index (χ3n) is 7.35. The molecule has 0 radical (unpaired) electrons. The fraction of sp³-hybridized carbons (Fsp3) is 0.640. The van der Waals surface area contributed by atoms with Gasteiger partial charge in [-0.05, 0) is 38.7 Å². The summed E-state index contributed by atoms with van der Waals surface area (Å²) in [5.41, 5.74) is -0.372. The predicted molar refractivity (Wildman–Crippen MR) is 120 cm³/mol. The van der Waals surface area contributed by atoms with Crippen LogP contribution in [0.15, 0.2) is 30.3 Å². The molecule has 0 aromatic heterocycles. The molecule has 8 heteroatoms. The number of ether oxygens (including phenoxy) is 2. The van der Waals surface area contributed by atoms with E-state index in [4.69, 9.17) is 9.47 Å². The van der Waals surface area contributed by atoms with Crippen molar-refractivity contribution in [1.29, 1.82) is 0 Å². The number of rotatable bonds is 9. The van der Waals surface area contributed by atoms with E-state index in [1.807, 2.05) is 44.2 Å². The lowest BCUT2D eigenvalue weighted by atomic mass is 9.70.